The van der Waals surface area contributed by atoms with Gasteiger partial charge in [0.2, 0.25) is 0 Å². The third-order valence-electron chi connectivity index (χ3n) is 5.42. The van der Waals surface area contributed by atoms with Gasteiger partial charge in [-0.05, 0) is 44.4 Å². The Hall–Kier alpha value is -2.54. The van der Waals surface area contributed by atoms with Crippen LogP contribution in [0.25, 0.3) is 10.2 Å². The first-order valence-electron chi connectivity index (χ1n) is 9.53. The quantitative estimate of drug-likeness (QED) is 0.676. The van der Waals surface area contributed by atoms with Crippen LogP contribution in [0.5, 0.6) is 0 Å². The predicted molar refractivity (Wildman–Crippen MR) is 110 cm³/mol. The van der Waals surface area contributed by atoms with Gasteiger partial charge < -0.3 is 5.32 Å². The minimum atomic E-state index is -0.380. The lowest BCUT2D eigenvalue weighted by Gasteiger charge is -2.23. The molecule has 2 heterocycles. The van der Waals surface area contributed by atoms with E-state index in [1.165, 1.54) is 23.8 Å². The zero-order valence-corrected chi connectivity index (χ0v) is 16.7. The number of rotatable bonds is 3. The summed E-state index contributed by atoms with van der Waals surface area (Å²) >= 11 is 1.30. The highest BCUT2D eigenvalue weighted by molar-refractivity contribution is 7.19. The fourth-order valence-corrected chi connectivity index (χ4v) is 4.88. The van der Waals surface area contributed by atoms with Crippen molar-refractivity contribution in [2.75, 3.05) is 5.32 Å². The molecule has 1 amide bonds. The monoisotopic (exact) mass is 399 g/mol. The Labute approximate surface area is 166 Å². The molecular weight excluding hydrogens is 377 g/mol. The number of thiophene rings is 1. The number of nitrogens with one attached hydrogen (secondary N) is 1. The normalized spacial score (nSPS) is 15.1. The number of carbonyl (C=O) groups is 1. The van der Waals surface area contributed by atoms with Crippen LogP contribution >= 0.6 is 11.3 Å². The summed E-state index contributed by atoms with van der Waals surface area (Å²) in [5.74, 6) is -0.757. The fourth-order valence-electron chi connectivity index (χ4n) is 3.84. The minimum absolute atomic E-state index is 0.0783. The lowest BCUT2D eigenvalue weighted by atomic mass is 9.95. The first-order chi connectivity index (χ1) is 13.5. The van der Waals surface area contributed by atoms with Crippen molar-refractivity contribution < 1.29 is 9.18 Å². The Kier molecular flexibility index (Phi) is 5.02. The molecule has 1 fully saturated rings. The smallest absolute Gasteiger partial charge is 0.271 e. The van der Waals surface area contributed by atoms with Gasteiger partial charge in [0.1, 0.15) is 16.0 Å². The SMILES string of the molecule is Cc1ccc(NC(=O)c2c(C)sc3c(=O)n(C4CCCCC4)cnc23)cc1F. The summed E-state index contributed by atoms with van der Waals surface area (Å²) in [5, 5.41) is 2.72. The van der Waals surface area contributed by atoms with Gasteiger partial charge in [-0.2, -0.15) is 0 Å². The highest BCUT2D eigenvalue weighted by atomic mass is 32.1. The van der Waals surface area contributed by atoms with Gasteiger partial charge in [-0.25, -0.2) is 9.37 Å². The maximum atomic E-state index is 13.8. The summed E-state index contributed by atoms with van der Waals surface area (Å²) in [6.45, 7) is 3.47. The van der Waals surface area contributed by atoms with E-state index in [0.717, 1.165) is 30.6 Å². The molecule has 146 valence electrons. The second-order valence-electron chi connectivity index (χ2n) is 7.38. The molecule has 0 spiro atoms. The summed E-state index contributed by atoms with van der Waals surface area (Å²) < 4.78 is 16.0. The molecule has 1 aromatic carbocycles. The van der Waals surface area contributed by atoms with Gasteiger partial charge in [-0.1, -0.05) is 25.3 Å². The standard InChI is InChI=1S/C21H22FN3O2S/c1-12-8-9-14(10-16(12)22)24-20(26)17-13(2)28-19-18(17)23-11-25(21(19)27)15-6-4-3-5-7-15/h8-11,15H,3-7H2,1-2H3,(H,24,26). The molecule has 1 saturated carbocycles. The summed E-state index contributed by atoms with van der Waals surface area (Å²) in [6, 6.07) is 4.75. The molecule has 28 heavy (non-hydrogen) atoms. The molecular formula is C21H22FN3O2S. The number of fused-ring (bicyclic) bond motifs is 1. The number of aromatic nitrogens is 2. The van der Waals surface area contributed by atoms with Gasteiger partial charge in [0.25, 0.3) is 11.5 Å². The molecule has 0 bridgehead atoms. The van der Waals surface area contributed by atoms with E-state index in [2.05, 4.69) is 10.3 Å². The number of hydrogen-bond acceptors (Lipinski definition) is 4. The number of benzene rings is 1. The lowest BCUT2D eigenvalue weighted by molar-refractivity contribution is 0.102. The molecule has 4 rings (SSSR count). The van der Waals surface area contributed by atoms with E-state index < -0.39 is 0 Å². The fraction of sp³-hybridized carbons (Fsp3) is 0.381. The Morgan fingerprint density at radius 2 is 2.00 bits per heavy atom. The zero-order valence-electron chi connectivity index (χ0n) is 15.9. The molecule has 0 unspecified atom stereocenters. The van der Waals surface area contributed by atoms with Crippen LogP contribution in [0.3, 0.4) is 0 Å². The average molecular weight is 399 g/mol. The van der Waals surface area contributed by atoms with Gasteiger partial charge in [0, 0.05) is 16.6 Å². The Bertz CT molecular complexity index is 1110. The van der Waals surface area contributed by atoms with Crippen LogP contribution < -0.4 is 10.9 Å². The lowest BCUT2D eigenvalue weighted by Crippen LogP contribution is -2.26. The van der Waals surface area contributed by atoms with E-state index in [9.17, 15) is 14.0 Å². The molecule has 2 aromatic heterocycles. The maximum absolute atomic E-state index is 13.8. The van der Waals surface area contributed by atoms with Crippen LogP contribution in [0.1, 0.15) is 58.9 Å². The highest BCUT2D eigenvalue weighted by Crippen LogP contribution is 2.30. The molecule has 0 radical (unpaired) electrons. The predicted octanol–water partition coefficient (Wildman–Crippen LogP) is 4.97. The van der Waals surface area contributed by atoms with Crippen molar-refractivity contribution in [3.05, 3.63) is 56.7 Å². The van der Waals surface area contributed by atoms with Crippen molar-refractivity contribution in [2.24, 2.45) is 0 Å². The Balaban J connectivity index is 1.70. The summed E-state index contributed by atoms with van der Waals surface area (Å²) in [4.78, 5) is 31.0. The first kappa shape index (κ1) is 18.8. The Morgan fingerprint density at radius 3 is 2.71 bits per heavy atom. The third-order valence-corrected chi connectivity index (χ3v) is 6.51. The van der Waals surface area contributed by atoms with Crippen molar-refractivity contribution in [2.45, 2.75) is 52.0 Å². The molecule has 1 aliphatic rings. The highest BCUT2D eigenvalue weighted by Gasteiger charge is 2.23. The van der Waals surface area contributed by atoms with Gasteiger partial charge in [-0.3, -0.25) is 14.2 Å². The summed E-state index contributed by atoms with van der Waals surface area (Å²) in [7, 11) is 0. The number of aryl methyl sites for hydroxylation is 2. The van der Waals surface area contributed by atoms with Gasteiger partial charge in [-0.15, -0.1) is 11.3 Å². The molecule has 3 aromatic rings. The number of carbonyl (C=O) groups excluding carboxylic acids is 1. The number of anilines is 1. The molecule has 7 heteroatoms. The second-order valence-corrected chi connectivity index (χ2v) is 8.60. The van der Waals surface area contributed by atoms with Crippen LogP contribution in [-0.2, 0) is 0 Å². The molecule has 0 atom stereocenters. The zero-order chi connectivity index (χ0) is 19.8. The topological polar surface area (TPSA) is 64.0 Å². The molecule has 1 aliphatic carbocycles. The van der Waals surface area contributed by atoms with E-state index in [4.69, 9.17) is 0 Å². The van der Waals surface area contributed by atoms with Crippen LogP contribution in [0.4, 0.5) is 10.1 Å². The van der Waals surface area contributed by atoms with Crippen molar-refractivity contribution in [1.29, 1.82) is 0 Å². The van der Waals surface area contributed by atoms with Crippen LogP contribution in [-0.4, -0.2) is 15.5 Å². The van der Waals surface area contributed by atoms with Crippen molar-refractivity contribution in [3.63, 3.8) is 0 Å². The van der Waals surface area contributed by atoms with Crippen LogP contribution in [0.2, 0.25) is 0 Å². The first-order valence-corrected chi connectivity index (χ1v) is 10.3. The van der Waals surface area contributed by atoms with E-state index in [1.807, 2.05) is 0 Å². The van der Waals surface area contributed by atoms with E-state index in [1.54, 1.807) is 36.9 Å². The van der Waals surface area contributed by atoms with Gasteiger partial charge in [0.05, 0.1) is 11.9 Å². The van der Waals surface area contributed by atoms with Gasteiger partial charge in [0.15, 0.2) is 0 Å². The average Bonchev–Trinajstić information content (AvgIpc) is 3.03. The van der Waals surface area contributed by atoms with Crippen molar-refractivity contribution in [3.8, 4) is 0 Å². The number of hydrogen-bond donors (Lipinski definition) is 1. The van der Waals surface area contributed by atoms with E-state index >= 15 is 0 Å². The molecule has 0 aliphatic heterocycles. The van der Waals surface area contributed by atoms with Crippen molar-refractivity contribution >= 4 is 33.1 Å². The number of halogens is 1. The maximum Gasteiger partial charge on any atom is 0.271 e. The third kappa shape index (κ3) is 3.35. The minimum Gasteiger partial charge on any atom is -0.322 e. The molecule has 1 N–H and O–H groups in total. The Morgan fingerprint density at radius 1 is 1.25 bits per heavy atom. The largest absolute Gasteiger partial charge is 0.322 e. The molecule has 5 nitrogen and oxygen atoms in total. The number of amides is 1. The van der Waals surface area contributed by atoms with Gasteiger partial charge >= 0.3 is 0 Å². The summed E-state index contributed by atoms with van der Waals surface area (Å²) in [6.07, 6.45) is 7.02. The second kappa shape index (κ2) is 7.47. The number of nitrogens with zero attached hydrogens (tertiary/aromatic N) is 2. The van der Waals surface area contributed by atoms with Crippen molar-refractivity contribution in [1.82, 2.24) is 9.55 Å². The molecule has 0 saturated heterocycles. The summed E-state index contributed by atoms with van der Waals surface area (Å²) in [5.41, 5.74) is 1.62. The van der Waals surface area contributed by atoms with E-state index in [0.29, 0.717) is 27.0 Å². The van der Waals surface area contributed by atoms with Crippen LogP contribution in [0, 0.1) is 19.7 Å². The van der Waals surface area contributed by atoms with Crippen LogP contribution in [0.15, 0.2) is 29.3 Å². The van der Waals surface area contributed by atoms with E-state index in [-0.39, 0.29) is 23.3 Å².